The molecule has 7 heteroatoms. The van der Waals surface area contributed by atoms with Gasteiger partial charge in [0.2, 0.25) is 0 Å². The van der Waals surface area contributed by atoms with Crippen LogP contribution in [0.3, 0.4) is 0 Å². The predicted octanol–water partition coefficient (Wildman–Crippen LogP) is 2.77. The van der Waals surface area contributed by atoms with Crippen molar-refractivity contribution in [1.82, 2.24) is 10.3 Å². The van der Waals surface area contributed by atoms with Gasteiger partial charge in [0.05, 0.1) is 31.8 Å². The highest BCUT2D eigenvalue weighted by atomic mass is 32.2. The third kappa shape index (κ3) is 3.20. The number of nitrogens with one attached hydrogen (secondary N) is 1. The van der Waals surface area contributed by atoms with Gasteiger partial charge in [-0.05, 0) is 42.0 Å². The van der Waals surface area contributed by atoms with E-state index in [0.29, 0.717) is 33.2 Å². The zero-order valence-electron chi connectivity index (χ0n) is 15.1. The highest BCUT2D eigenvalue weighted by Crippen LogP contribution is 2.34. The summed E-state index contributed by atoms with van der Waals surface area (Å²) in [6.45, 7) is 0.343. The second kappa shape index (κ2) is 7.36. The van der Waals surface area contributed by atoms with Crippen LogP contribution in [0.1, 0.15) is 26.3 Å². The fourth-order valence-electron chi connectivity index (χ4n) is 3.08. The minimum atomic E-state index is -1.51. The average Bonchev–Trinajstić information content (AvgIpc) is 2.83. The number of benzene rings is 2. The van der Waals surface area contributed by atoms with E-state index >= 15 is 0 Å². The van der Waals surface area contributed by atoms with Crippen molar-refractivity contribution < 1.29 is 13.8 Å². The number of carbonyl (C=O) groups is 2. The summed E-state index contributed by atoms with van der Waals surface area (Å²) in [5.74, 6) is -0.532. The van der Waals surface area contributed by atoms with Crippen molar-refractivity contribution >= 4 is 28.3 Å². The molecule has 2 aromatic carbocycles. The number of nitrogens with zero attached hydrogens (tertiary/aromatic N) is 2. The molecule has 1 aliphatic heterocycles. The lowest BCUT2D eigenvalue weighted by Gasteiger charge is -2.18. The molecule has 2 heterocycles. The lowest BCUT2D eigenvalue weighted by atomic mass is 10.1. The lowest BCUT2D eigenvalue weighted by molar-refractivity contribution is 0.0948. The van der Waals surface area contributed by atoms with Crippen LogP contribution in [-0.2, 0) is 17.3 Å². The molecule has 140 valence electrons. The normalized spacial score (nSPS) is 15.4. The molecule has 1 N–H and O–H groups in total. The van der Waals surface area contributed by atoms with Crippen molar-refractivity contribution in [2.24, 2.45) is 0 Å². The van der Waals surface area contributed by atoms with Gasteiger partial charge in [0, 0.05) is 31.5 Å². The SMILES string of the molecule is CN1C(=O)c2ccccc2[S@](=O)c2ccc(C(=O)NCc3cccnc3)cc21. The molecule has 1 aliphatic rings. The van der Waals surface area contributed by atoms with Crippen molar-refractivity contribution in [3.63, 3.8) is 0 Å². The van der Waals surface area contributed by atoms with Gasteiger partial charge in [-0.3, -0.25) is 14.6 Å². The maximum Gasteiger partial charge on any atom is 0.259 e. The number of pyridine rings is 1. The number of rotatable bonds is 3. The molecule has 6 nitrogen and oxygen atoms in total. The van der Waals surface area contributed by atoms with Crippen molar-refractivity contribution in [2.45, 2.75) is 16.3 Å². The lowest BCUT2D eigenvalue weighted by Crippen LogP contribution is -2.27. The van der Waals surface area contributed by atoms with Crippen molar-refractivity contribution in [3.8, 4) is 0 Å². The van der Waals surface area contributed by atoms with Crippen LogP contribution in [0.2, 0.25) is 0 Å². The van der Waals surface area contributed by atoms with Crippen LogP contribution in [0.5, 0.6) is 0 Å². The summed E-state index contributed by atoms with van der Waals surface area (Å²) in [4.78, 5) is 31.8. The van der Waals surface area contributed by atoms with E-state index < -0.39 is 10.8 Å². The number of aromatic nitrogens is 1. The molecule has 0 aliphatic carbocycles. The molecule has 1 atom stereocenters. The van der Waals surface area contributed by atoms with Crippen LogP contribution >= 0.6 is 0 Å². The Labute approximate surface area is 164 Å². The fraction of sp³-hybridized carbons (Fsp3) is 0.0952. The number of hydrogen-bond acceptors (Lipinski definition) is 4. The van der Waals surface area contributed by atoms with Gasteiger partial charge in [-0.2, -0.15) is 0 Å². The summed E-state index contributed by atoms with van der Waals surface area (Å²) in [7, 11) is 0.117. The van der Waals surface area contributed by atoms with Crippen LogP contribution in [0.4, 0.5) is 5.69 Å². The summed E-state index contributed by atoms with van der Waals surface area (Å²) in [5.41, 5.74) is 2.15. The van der Waals surface area contributed by atoms with Gasteiger partial charge < -0.3 is 10.2 Å². The summed E-state index contributed by atoms with van der Waals surface area (Å²) >= 11 is 0. The van der Waals surface area contributed by atoms with E-state index in [4.69, 9.17) is 0 Å². The smallest absolute Gasteiger partial charge is 0.259 e. The van der Waals surface area contributed by atoms with E-state index in [9.17, 15) is 13.8 Å². The van der Waals surface area contributed by atoms with Crippen LogP contribution in [0.15, 0.2) is 76.8 Å². The zero-order chi connectivity index (χ0) is 19.7. The first kappa shape index (κ1) is 18.1. The van der Waals surface area contributed by atoms with E-state index in [-0.39, 0.29) is 11.8 Å². The first-order chi connectivity index (χ1) is 13.6. The van der Waals surface area contributed by atoms with Gasteiger partial charge in [-0.1, -0.05) is 18.2 Å². The quantitative estimate of drug-likeness (QED) is 0.745. The molecule has 28 heavy (non-hydrogen) atoms. The van der Waals surface area contributed by atoms with E-state index in [1.165, 1.54) is 4.90 Å². The first-order valence-electron chi connectivity index (χ1n) is 8.66. The molecular weight excluding hydrogens is 374 g/mol. The summed E-state index contributed by atoms with van der Waals surface area (Å²) < 4.78 is 13.0. The molecule has 1 aromatic heterocycles. The Bertz CT molecular complexity index is 1100. The van der Waals surface area contributed by atoms with Gasteiger partial charge in [-0.15, -0.1) is 0 Å². The molecule has 0 bridgehead atoms. The predicted molar refractivity (Wildman–Crippen MR) is 106 cm³/mol. The minimum Gasteiger partial charge on any atom is -0.348 e. The number of hydrogen-bond donors (Lipinski definition) is 1. The molecule has 0 saturated heterocycles. The fourth-order valence-corrected chi connectivity index (χ4v) is 4.45. The van der Waals surface area contributed by atoms with Crippen molar-refractivity contribution in [3.05, 3.63) is 83.7 Å². The van der Waals surface area contributed by atoms with Crippen LogP contribution in [0.25, 0.3) is 0 Å². The van der Waals surface area contributed by atoms with E-state index in [2.05, 4.69) is 10.3 Å². The Morgan fingerprint density at radius 1 is 1.11 bits per heavy atom. The Kier molecular flexibility index (Phi) is 4.75. The Morgan fingerprint density at radius 2 is 1.93 bits per heavy atom. The molecule has 0 saturated carbocycles. The molecule has 0 unspecified atom stereocenters. The Hall–Kier alpha value is -3.32. The summed E-state index contributed by atoms with van der Waals surface area (Å²) in [6.07, 6.45) is 3.35. The van der Waals surface area contributed by atoms with Crippen molar-refractivity contribution in [2.75, 3.05) is 11.9 Å². The van der Waals surface area contributed by atoms with Crippen LogP contribution in [-0.4, -0.2) is 28.1 Å². The van der Waals surface area contributed by atoms with Gasteiger partial charge in [0.1, 0.15) is 0 Å². The van der Waals surface area contributed by atoms with Crippen LogP contribution < -0.4 is 10.2 Å². The molecular formula is C21H17N3O3S. The number of carbonyl (C=O) groups excluding carboxylic acids is 2. The van der Waals surface area contributed by atoms with Gasteiger partial charge >= 0.3 is 0 Å². The zero-order valence-corrected chi connectivity index (χ0v) is 15.9. The first-order valence-corrected chi connectivity index (χ1v) is 9.81. The highest BCUT2D eigenvalue weighted by molar-refractivity contribution is 7.85. The monoisotopic (exact) mass is 391 g/mol. The highest BCUT2D eigenvalue weighted by Gasteiger charge is 2.29. The summed E-state index contributed by atoms with van der Waals surface area (Å²) in [5, 5.41) is 2.83. The van der Waals surface area contributed by atoms with E-state index in [0.717, 1.165) is 5.56 Å². The maximum absolute atomic E-state index is 13.0. The van der Waals surface area contributed by atoms with Gasteiger partial charge in [0.15, 0.2) is 0 Å². The molecule has 4 rings (SSSR count). The molecule has 0 radical (unpaired) electrons. The number of anilines is 1. The van der Waals surface area contributed by atoms with Gasteiger partial charge in [-0.25, -0.2) is 4.21 Å². The standard InChI is InChI=1S/C21H17N3O3S/c1-24-17-11-15(20(25)23-13-14-5-4-10-22-12-14)8-9-19(17)28(27)18-7-3-2-6-16(18)21(24)26/h2-12H,13H2,1H3,(H,23,25)/t28-/m0/s1. The summed E-state index contributed by atoms with van der Waals surface area (Å²) in [6, 6.07) is 15.4. The van der Waals surface area contributed by atoms with E-state index in [1.807, 2.05) is 6.07 Å². The molecule has 0 fully saturated rings. The average molecular weight is 391 g/mol. The molecule has 2 amide bonds. The molecule has 0 spiro atoms. The largest absolute Gasteiger partial charge is 0.348 e. The maximum atomic E-state index is 13.0. The van der Waals surface area contributed by atoms with Gasteiger partial charge in [0.25, 0.3) is 11.8 Å². The molecule has 3 aromatic rings. The number of fused-ring (bicyclic) bond motifs is 2. The number of amides is 2. The van der Waals surface area contributed by atoms with E-state index in [1.54, 1.807) is 68.0 Å². The topological polar surface area (TPSA) is 79.4 Å². The van der Waals surface area contributed by atoms with Crippen molar-refractivity contribution in [1.29, 1.82) is 0 Å². The third-order valence-electron chi connectivity index (χ3n) is 4.58. The minimum absolute atomic E-state index is 0.254. The Balaban J connectivity index is 1.66. The third-order valence-corrected chi connectivity index (χ3v) is 6.08. The van der Waals surface area contributed by atoms with Crippen LogP contribution in [0, 0.1) is 0 Å². The second-order valence-corrected chi connectivity index (χ2v) is 7.77. The Morgan fingerprint density at radius 3 is 2.71 bits per heavy atom. The second-order valence-electron chi connectivity index (χ2n) is 6.36.